The van der Waals surface area contributed by atoms with Crippen LogP contribution in [0.4, 0.5) is 0 Å². The quantitative estimate of drug-likeness (QED) is 0.687. The van der Waals surface area contributed by atoms with Crippen LogP contribution >= 0.6 is 0 Å². The second-order valence-electron chi connectivity index (χ2n) is 3.02. The molecule has 0 fully saturated rings. The van der Waals surface area contributed by atoms with E-state index < -0.39 is 6.10 Å². The first-order chi connectivity index (χ1) is 6.24. The van der Waals surface area contributed by atoms with Gasteiger partial charge in [0.1, 0.15) is 25.0 Å². The molecule has 0 heterocycles. The van der Waals surface area contributed by atoms with Gasteiger partial charge in [-0.05, 0) is 18.6 Å². The standard InChI is InChI=1S/C10H15NO2/c1-8-4-2-3-5-10(8)13-7-9(12)6-11/h2-5,9,12H,6-7,11H2,1H3/p+1/t9-/m1/s1. The van der Waals surface area contributed by atoms with Crippen LogP contribution in [0, 0.1) is 6.92 Å². The Balaban J connectivity index is 2.50. The highest BCUT2D eigenvalue weighted by Gasteiger charge is 2.04. The summed E-state index contributed by atoms with van der Waals surface area (Å²) in [6.07, 6.45) is -0.473. The summed E-state index contributed by atoms with van der Waals surface area (Å²) >= 11 is 0. The predicted octanol–water partition coefficient (Wildman–Crippen LogP) is -0.0234. The maximum atomic E-state index is 9.22. The van der Waals surface area contributed by atoms with Gasteiger partial charge in [-0.1, -0.05) is 18.2 Å². The Morgan fingerprint density at radius 1 is 1.46 bits per heavy atom. The van der Waals surface area contributed by atoms with Crippen molar-refractivity contribution >= 4 is 0 Å². The first-order valence-corrected chi connectivity index (χ1v) is 4.39. The maximum Gasteiger partial charge on any atom is 0.136 e. The summed E-state index contributed by atoms with van der Waals surface area (Å²) in [5.41, 5.74) is 4.67. The lowest BCUT2D eigenvalue weighted by molar-refractivity contribution is -0.384. The number of aliphatic hydroxyl groups excluding tert-OH is 1. The molecule has 0 bridgehead atoms. The van der Waals surface area contributed by atoms with Crippen molar-refractivity contribution in [3.63, 3.8) is 0 Å². The van der Waals surface area contributed by atoms with E-state index in [0.29, 0.717) is 13.2 Å². The Kier molecular flexibility index (Phi) is 3.73. The lowest BCUT2D eigenvalue weighted by atomic mass is 10.2. The molecule has 0 aliphatic rings. The third kappa shape index (κ3) is 3.05. The molecule has 0 spiro atoms. The molecular formula is C10H16NO2+. The summed E-state index contributed by atoms with van der Waals surface area (Å²) in [5.74, 6) is 0.829. The van der Waals surface area contributed by atoms with Gasteiger partial charge in [0.05, 0.1) is 0 Å². The largest absolute Gasteiger partial charge is 0.490 e. The van der Waals surface area contributed by atoms with E-state index in [1.807, 2.05) is 31.2 Å². The molecule has 1 atom stereocenters. The van der Waals surface area contributed by atoms with Gasteiger partial charge in [0.2, 0.25) is 0 Å². The summed E-state index contributed by atoms with van der Waals surface area (Å²) in [7, 11) is 0. The van der Waals surface area contributed by atoms with Crippen molar-refractivity contribution in [3.8, 4) is 5.75 Å². The number of hydrogen-bond acceptors (Lipinski definition) is 2. The molecule has 0 saturated carbocycles. The number of aryl methyl sites for hydroxylation is 1. The van der Waals surface area contributed by atoms with Crippen molar-refractivity contribution in [2.24, 2.45) is 0 Å². The average molecular weight is 182 g/mol. The van der Waals surface area contributed by atoms with Crippen LogP contribution < -0.4 is 10.5 Å². The fraction of sp³-hybridized carbons (Fsp3) is 0.400. The third-order valence-electron chi connectivity index (χ3n) is 1.86. The van der Waals surface area contributed by atoms with Gasteiger partial charge in [-0.3, -0.25) is 0 Å². The van der Waals surface area contributed by atoms with Gasteiger partial charge in [-0.25, -0.2) is 0 Å². The highest BCUT2D eigenvalue weighted by atomic mass is 16.5. The topological polar surface area (TPSA) is 57.1 Å². The summed E-state index contributed by atoms with van der Waals surface area (Å²) in [6, 6.07) is 7.75. The lowest BCUT2D eigenvalue weighted by Crippen LogP contribution is -2.56. The van der Waals surface area contributed by atoms with E-state index in [9.17, 15) is 5.11 Å². The van der Waals surface area contributed by atoms with Gasteiger partial charge in [0.25, 0.3) is 0 Å². The van der Waals surface area contributed by atoms with Crippen molar-refractivity contribution < 1.29 is 15.6 Å². The summed E-state index contributed by atoms with van der Waals surface area (Å²) in [5, 5.41) is 9.22. The number of rotatable bonds is 4. The zero-order chi connectivity index (χ0) is 9.68. The normalized spacial score (nSPS) is 12.5. The molecule has 1 aromatic rings. The molecular weight excluding hydrogens is 166 g/mol. The van der Waals surface area contributed by atoms with Crippen LogP contribution in [-0.4, -0.2) is 24.4 Å². The van der Waals surface area contributed by atoms with E-state index >= 15 is 0 Å². The SMILES string of the molecule is Cc1ccccc1OC[C@H](O)C[NH3+]. The molecule has 0 unspecified atom stereocenters. The number of quaternary nitrogens is 1. The Labute approximate surface area is 78.1 Å². The fourth-order valence-corrected chi connectivity index (χ4v) is 0.988. The minimum absolute atomic E-state index is 0.314. The summed E-state index contributed by atoms with van der Waals surface area (Å²) in [4.78, 5) is 0. The van der Waals surface area contributed by atoms with Crippen LogP contribution in [0.2, 0.25) is 0 Å². The number of hydrogen-bond donors (Lipinski definition) is 2. The molecule has 13 heavy (non-hydrogen) atoms. The molecule has 0 amide bonds. The molecule has 0 aliphatic heterocycles. The zero-order valence-corrected chi connectivity index (χ0v) is 7.86. The van der Waals surface area contributed by atoms with E-state index in [4.69, 9.17) is 4.74 Å². The molecule has 1 aromatic carbocycles. The third-order valence-corrected chi connectivity index (χ3v) is 1.86. The van der Waals surface area contributed by atoms with E-state index in [2.05, 4.69) is 5.73 Å². The van der Waals surface area contributed by atoms with Crippen LogP contribution in [0.25, 0.3) is 0 Å². The van der Waals surface area contributed by atoms with Crippen molar-refractivity contribution in [1.82, 2.24) is 0 Å². The Hall–Kier alpha value is -1.06. The highest BCUT2D eigenvalue weighted by molar-refractivity contribution is 5.31. The summed E-state index contributed by atoms with van der Waals surface area (Å²) in [6.45, 7) is 2.77. The van der Waals surface area contributed by atoms with Crippen LogP contribution in [0.15, 0.2) is 24.3 Å². The van der Waals surface area contributed by atoms with Crippen LogP contribution in [0.3, 0.4) is 0 Å². The smallest absolute Gasteiger partial charge is 0.136 e. The Morgan fingerprint density at radius 2 is 2.15 bits per heavy atom. The molecule has 0 radical (unpaired) electrons. The fourth-order valence-electron chi connectivity index (χ4n) is 0.988. The zero-order valence-electron chi connectivity index (χ0n) is 7.86. The van der Waals surface area contributed by atoms with Gasteiger partial charge in [0, 0.05) is 0 Å². The maximum absolute atomic E-state index is 9.22. The van der Waals surface area contributed by atoms with Gasteiger partial charge >= 0.3 is 0 Å². The van der Waals surface area contributed by atoms with Crippen molar-refractivity contribution in [2.45, 2.75) is 13.0 Å². The predicted molar refractivity (Wildman–Crippen MR) is 50.4 cm³/mol. The first-order valence-electron chi connectivity index (χ1n) is 4.39. The average Bonchev–Trinajstić information content (AvgIpc) is 2.16. The van der Waals surface area contributed by atoms with E-state index in [1.54, 1.807) is 0 Å². The van der Waals surface area contributed by atoms with E-state index in [1.165, 1.54) is 0 Å². The molecule has 3 heteroatoms. The molecule has 72 valence electrons. The number of para-hydroxylation sites is 1. The van der Waals surface area contributed by atoms with Crippen LogP contribution in [-0.2, 0) is 0 Å². The first kappa shape index (κ1) is 10.0. The van der Waals surface area contributed by atoms with Crippen molar-refractivity contribution in [3.05, 3.63) is 29.8 Å². The minimum atomic E-state index is -0.473. The van der Waals surface area contributed by atoms with Gasteiger partial charge in [-0.2, -0.15) is 0 Å². The minimum Gasteiger partial charge on any atom is -0.490 e. The second-order valence-corrected chi connectivity index (χ2v) is 3.02. The number of ether oxygens (including phenoxy) is 1. The van der Waals surface area contributed by atoms with Crippen molar-refractivity contribution in [2.75, 3.05) is 13.2 Å². The monoisotopic (exact) mass is 182 g/mol. The number of aliphatic hydroxyl groups is 1. The lowest BCUT2D eigenvalue weighted by Gasteiger charge is -2.10. The molecule has 0 saturated heterocycles. The van der Waals surface area contributed by atoms with Crippen molar-refractivity contribution in [1.29, 1.82) is 0 Å². The Bertz CT molecular complexity index is 263. The molecule has 3 nitrogen and oxygen atoms in total. The second kappa shape index (κ2) is 4.84. The van der Waals surface area contributed by atoms with Crippen LogP contribution in [0.1, 0.15) is 5.56 Å². The number of benzene rings is 1. The van der Waals surface area contributed by atoms with Crippen LogP contribution in [0.5, 0.6) is 5.75 Å². The Morgan fingerprint density at radius 3 is 2.77 bits per heavy atom. The molecule has 1 rings (SSSR count). The van der Waals surface area contributed by atoms with E-state index in [-0.39, 0.29) is 0 Å². The van der Waals surface area contributed by atoms with Gasteiger partial charge < -0.3 is 15.6 Å². The van der Waals surface area contributed by atoms with E-state index in [0.717, 1.165) is 11.3 Å². The van der Waals surface area contributed by atoms with Gasteiger partial charge in [0.15, 0.2) is 0 Å². The van der Waals surface area contributed by atoms with Gasteiger partial charge in [-0.15, -0.1) is 0 Å². The molecule has 4 N–H and O–H groups in total. The molecule has 0 aliphatic carbocycles. The summed E-state index contributed by atoms with van der Waals surface area (Å²) < 4.78 is 5.40. The molecule has 0 aromatic heterocycles. The highest BCUT2D eigenvalue weighted by Crippen LogP contribution is 2.15.